The summed E-state index contributed by atoms with van der Waals surface area (Å²) in [6, 6.07) is 7.51. The Bertz CT molecular complexity index is 518. The Morgan fingerprint density at radius 2 is 2.14 bits per heavy atom. The van der Waals surface area contributed by atoms with Crippen molar-refractivity contribution in [1.82, 2.24) is 4.90 Å². The highest BCUT2D eigenvalue weighted by molar-refractivity contribution is 7.99. The lowest BCUT2D eigenvalue weighted by Gasteiger charge is -2.32. The van der Waals surface area contributed by atoms with Gasteiger partial charge in [-0.2, -0.15) is 11.8 Å². The van der Waals surface area contributed by atoms with Crippen molar-refractivity contribution in [2.45, 2.75) is 32.2 Å². The topological polar surface area (TPSA) is 57.6 Å². The van der Waals surface area contributed by atoms with Gasteiger partial charge in [-0.25, -0.2) is 0 Å². The Morgan fingerprint density at radius 1 is 1.38 bits per heavy atom. The smallest absolute Gasteiger partial charge is 0.312 e. The van der Waals surface area contributed by atoms with E-state index in [1.165, 1.54) is 0 Å². The molecule has 1 atom stereocenters. The summed E-state index contributed by atoms with van der Waals surface area (Å²) >= 11 is 1.63. The van der Waals surface area contributed by atoms with E-state index in [1.54, 1.807) is 16.7 Å². The van der Waals surface area contributed by atoms with E-state index in [4.69, 9.17) is 0 Å². The van der Waals surface area contributed by atoms with E-state index in [2.05, 4.69) is 6.92 Å². The standard InChI is InChI=1S/C16H21NO3S/c1-2-3-8-21-11-15(18)17-9-12-6-4-5-7-13(12)14(10-17)16(19)20/h4-7,14H,2-3,8-11H2,1H3,(H,19,20). The van der Waals surface area contributed by atoms with Crippen LogP contribution in [0, 0.1) is 0 Å². The largest absolute Gasteiger partial charge is 0.481 e. The number of rotatable bonds is 6. The van der Waals surface area contributed by atoms with Crippen LogP contribution < -0.4 is 0 Å². The number of carbonyl (C=O) groups excluding carboxylic acids is 1. The van der Waals surface area contributed by atoms with Crippen molar-refractivity contribution in [3.8, 4) is 0 Å². The fourth-order valence-corrected chi connectivity index (χ4v) is 3.50. The Hall–Kier alpha value is -1.49. The molecular formula is C16H21NO3S. The van der Waals surface area contributed by atoms with Crippen molar-refractivity contribution in [2.24, 2.45) is 0 Å². The molecule has 1 heterocycles. The van der Waals surface area contributed by atoms with Crippen molar-refractivity contribution in [3.63, 3.8) is 0 Å². The van der Waals surface area contributed by atoms with Gasteiger partial charge >= 0.3 is 5.97 Å². The monoisotopic (exact) mass is 307 g/mol. The first-order valence-electron chi connectivity index (χ1n) is 7.29. The maximum absolute atomic E-state index is 12.3. The number of fused-ring (bicyclic) bond motifs is 1. The summed E-state index contributed by atoms with van der Waals surface area (Å²) in [5, 5.41) is 9.39. The second-order valence-corrected chi connectivity index (χ2v) is 6.38. The summed E-state index contributed by atoms with van der Waals surface area (Å²) in [5.74, 6) is -0.0150. The number of benzene rings is 1. The van der Waals surface area contributed by atoms with Crippen LogP contribution in [0.25, 0.3) is 0 Å². The molecule has 1 aliphatic rings. The van der Waals surface area contributed by atoms with Crippen molar-refractivity contribution in [2.75, 3.05) is 18.1 Å². The summed E-state index contributed by atoms with van der Waals surface area (Å²) < 4.78 is 0. The molecule has 0 radical (unpaired) electrons. The van der Waals surface area contributed by atoms with Gasteiger partial charge in [0.2, 0.25) is 5.91 Å². The van der Waals surface area contributed by atoms with Gasteiger partial charge in [-0.05, 0) is 23.3 Å². The molecule has 1 N–H and O–H groups in total. The zero-order valence-corrected chi connectivity index (χ0v) is 13.1. The second-order valence-electron chi connectivity index (χ2n) is 5.27. The lowest BCUT2D eigenvalue weighted by molar-refractivity contribution is -0.140. The second kappa shape index (κ2) is 7.50. The Kier molecular flexibility index (Phi) is 5.67. The molecule has 1 aliphatic heterocycles. The minimum Gasteiger partial charge on any atom is -0.481 e. The van der Waals surface area contributed by atoms with Gasteiger partial charge in [0, 0.05) is 13.1 Å². The number of unbranched alkanes of at least 4 members (excludes halogenated alkanes) is 1. The third-order valence-electron chi connectivity index (χ3n) is 3.71. The third kappa shape index (κ3) is 4.00. The molecule has 1 aromatic rings. The molecule has 2 rings (SSSR count). The molecule has 5 heteroatoms. The number of nitrogens with zero attached hydrogens (tertiary/aromatic N) is 1. The number of hydrogen-bond donors (Lipinski definition) is 1. The van der Waals surface area contributed by atoms with E-state index in [0.717, 1.165) is 29.7 Å². The van der Waals surface area contributed by atoms with Crippen LogP contribution in [0.4, 0.5) is 0 Å². The lowest BCUT2D eigenvalue weighted by Crippen LogP contribution is -2.41. The molecule has 0 spiro atoms. The summed E-state index contributed by atoms with van der Waals surface area (Å²) in [6.45, 7) is 2.92. The summed E-state index contributed by atoms with van der Waals surface area (Å²) in [4.78, 5) is 25.4. The molecule has 0 saturated heterocycles. The molecule has 1 aromatic carbocycles. The molecule has 0 bridgehead atoms. The molecule has 1 amide bonds. The zero-order chi connectivity index (χ0) is 15.2. The van der Waals surface area contributed by atoms with Gasteiger partial charge in [-0.15, -0.1) is 0 Å². The fourth-order valence-electron chi connectivity index (χ4n) is 2.51. The van der Waals surface area contributed by atoms with Gasteiger partial charge < -0.3 is 10.0 Å². The first-order chi connectivity index (χ1) is 10.1. The molecule has 1 unspecified atom stereocenters. The van der Waals surface area contributed by atoms with Gasteiger partial charge in [-0.3, -0.25) is 9.59 Å². The zero-order valence-electron chi connectivity index (χ0n) is 12.2. The van der Waals surface area contributed by atoms with E-state index in [0.29, 0.717) is 12.3 Å². The van der Waals surface area contributed by atoms with Crippen molar-refractivity contribution in [3.05, 3.63) is 35.4 Å². The highest BCUT2D eigenvalue weighted by atomic mass is 32.2. The number of aliphatic carboxylic acids is 1. The predicted molar refractivity (Wildman–Crippen MR) is 84.5 cm³/mol. The number of thioether (sulfide) groups is 1. The van der Waals surface area contributed by atoms with Crippen LogP contribution in [0.15, 0.2) is 24.3 Å². The molecule has 0 aromatic heterocycles. The Morgan fingerprint density at radius 3 is 2.86 bits per heavy atom. The van der Waals surface area contributed by atoms with Gasteiger partial charge in [0.25, 0.3) is 0 Å². The molecule has 0 aliphatic carbocycles. The first-order valence-corrected chi connectivity index (χ1v) is 8.45. The van der Waals surface area contributed by atoms with E-state index < -0.39 is 11.9 Å². The van der Waals surface area contributed by atoms with Crippen LogP contribution in [0.1, 0.15) is 36.8 Å². The quantitative estimate of drug-likeness (QED) is 0.821. The average Bonchev–Trinajstić information content (AvgIpc) is 2.50. The van der Waals surface area contributed by atoms with Crippen LogP contribution in [-0.4, -0.2) is 39.9 Å². The van der Waals surface area contributed by atoms with Crippen LogP contribution in [0.3, 0.4) is 0 Å². The Balaban J connectivity index is 2.03. The number of carboxylic acids is 1. The average molecular weight is 307 g/mol. The summed E-state index contributed by atoms with van der Waals surface area (Å²) in [5.41, 5.74) is 1.79. The lowest BCUT2D eigenvalue weighted by atomic mass is 9.90. The summed E-state index contributed by atoms with van der Waals surface area (Å²) in [7, 11) is 0. The molecule has 21 heavy (non-hydrogen) atoms. The fraction of sp³-hybridized carbons (Fsp3) is 0.500. The normalized spacial score (nSPS) is 17.4. The van der Waals surface area contributed by atoms with Crippen LogP contribution >= 0.6 is 11.8 Å². The van der Waals surface area contributed by atoms with Crippen LogP contribution in [-0.2, 0) is 16.1 Å². The highest BCUT2D eigenvalue weighted by Crippen LogP contribution is 2.28. The highest BCUT2D eigenvalue weighted by Gasteiger charge is 2.32. The van der Waals surface area contributed by atoms with Gasteiger partial charge in [0.15, 0.2) is 0 Å². The minimum absolute atomic E-state index is 0.0388. The number of carbonyl (C=O) groups is 2. The van der Waals surface area contributed by atoms with Gasteiger partial charge in [0.05, 0.1) is 11.7 Å². The number of amides is 1. The third-order valence-corrected chi connectivity index (χ3v) is 4.74. The summed E-state index contributed by atoms with van der Waals surface area (Å²) in [6.07, 6.45) is 2.23. The molecular weight excluding hydrogens is 286 g/mol. The van der Waals surface area contributed by atoms with E-state index >= 15 is 0 Å². The van der Waals surface area contributed by atoms with E-state index in [1.807, 2.05) is 24.3 Å². The van der Waals surface area contributed by atoms with Crippen molar-refractivity contribution < 1.29 is 14.7 Å². The molecule has 0 fully saturated rings. The SMILES string of the molecule is CCCCSCC(=O)N1Cc2ccccc2C(C(=O)O)C1. The van der Waals surface area contributed by atoms with Gasteiger partial charge in [0.1, 0.15) is 0 Å². The molecule has 4 nitrogen and oxygen atoms in total. The van der Waals surface area contributed by atoms with E-state index in [9.17, 15) is 14.7 Å². The minimum atomic E-state index is -0.862. The number of carboxylic acid groups (broad SMARTS) is 1. The van der Waals surface area contributed by atoms with Gasteiger partial charge in [-0.1, -0.05) is 37.6 Å². The first kappa shape index (κ1) is 15.9. The van der Waals surface area contributed by atoms with Crippen LogP contribution in [0.5, 0.6) is 0 Å². The van der Waals surface area contributed by atoms with Crippen molar-refractivity contribution in [1.29, 1.82) is 0 Å². The maximum Gasteiger partial charge on any atom is 0.312 e. The molecule has 114 valence electrons. The number of hydrogen-bond acceptors (Lipinski definition) is 3. The van der Waals surface area contributed by atoms with E-state index in [-0.39, 0.29) is 12.5 Å². The molecule has 0 saturated carbocycles. The Labute approximate surface area is 129 Å². The van der Waals surface area contributed by atoms with Crippen molar-refractivity contribution >= 4 is 23.6 Å². The van der Waals surface area contributed by atoms with Crippen LogP contribution in [0.2, 0.25) is 0 Å². The maximum atomic E-state index is 12.3. The predicted octanol–water partition coefficient (Wildman–Crippen LogP) is 2.73.